The molecule has 1 aromatic carbocycles. The van der Waals surface area contributed by atoms with Crippen molar-refractivity contribution < 1.29 is 14.3 Å². The number of hydrogen-bond donors (Lipinski definition) is 2. The first-order chi connectivity index (χ1) is 10.6. The maximum Gasteiger partial charge on any atom is 0.269 e. The Labute approximate surface area is 132 Å². The Bertz CT molecular complexity index is 643. The molecule has 5 nitrogen and oxygen atoms in total. The summed E-state index contributed by atoms with van der Waals surface area (Å²) in [7, 11) is 0. The van der Waals surface area contributed by atoms with Crippen molar-refractivity contribution in [3.8, 4) is 5.69 Å². The lowest BCUT2D eigenvalue weighted by Gasteiger charge is -2.13. The first-order valence-corrected chi connectivity index (χ1v) is 8.06. The molecule has 1 atom stereocenters. The van der Waals surface area contributed by atoms with Gasteiger partial charge in [0.25, 0.3) is 5.91 Å². The van der Waals surface area contributed by atoms with Gasteiger partial charge in [-0.1, -0.05) is 18.7 Å². The summed E-state index contributed by atoms with van der Waals surface area (Å²) in [5.41, 5.74) is 1.05. The van der Waals surface area contributed by atoms with E-state index in [0.717, 1.165) is 0 Å². The van der Waals surface area contributed by atoms with E-state index in [9.17, 15) is 9.18 Å². The Morgan fingerprint density at radius 2 is 2.14 bits per heavy atom. The number of aliphatic hydroxyl groups excluding tert-OH is 1. The Morgan fingerprint density at radius 3 is 2.73 bits per heavy atom. The van der Waals surface area contributed by atoms with Crippen LogP contribution in [0.15, 0.2) is 35.6 Å². The highest BCUT2D eigenvalue weighted by Crippen LogP contribution is 2.22. The van der Waals surface area contributed by atoms with Crippen LogP contribution < -0.4 is 5.32 Å². The van der Waals surface area contributed by atoms with E-state index < -0.39 is 0 Å². The van der Waals surface area contributed by atoms with Crippen LogP contribution in [0.1, 0.15) is 17.4 Å². The highest BCUT2D eigenvalue weighted by Gasteiger charge is 2.18. The first-order valence-electron chi connectivity index (χ1n) is 6.83. The van der Waals surface area contributed by atoms with Crippen molar-refractivity contribution in [3.63, 3.8) is 0 Å². The standard InChI is InChI=1S/C15H18FN3O2S/c1-10(9-20)7-17-14(21)13-8-18-15(22-2)19(13)12-5-3-11(16)4-6-12/h3-6,8,10,20H,7,9H2,1-2H3,(H,17,21). The van der Waals surface area contributed by atoms with Crippen LogP contribution >= 0.6 is 11.8 Å². The van der Waals surface area contributed by atoms with Crippen molar-refractivity contribution in [1.29, 1.82) is 0 Å². The fourth-order valence-electron chi connectivity index (χ4n) is 1.90. The number of thioether (sulfide) groups is 1. The number of amides is 1. The van der Waals surface area contributed by atoms with E-state index in [0.29, 0.717) is 23.1 Å². The highest BCUT2D eigenvalue weighted by molar-refractivity contribution is 7.98. The molecule has 118 valence electrons. The van der Waals surface area contributed by atoms with Crippen LogP contribution in [0.3, 0.4) is 0 Å². The van der Waals surface area contributed by atoms with Gasteiger partial charge in [-0.15, -0.1) is 0 Å². The number of nitrogens with zero attached hydrogens (tertiary/aromatic N) is 2. The van der Waals surface area contributed by atoms with Crippen molar-refractivity contribution in [3.05, 3.63) is 42.0 Å². The second-order valence-corrected chi connectivity index (χ2v) is 5.71. The number of hydrogen-bond acceptors (Lipinski definition) is 4. The maximum atomic E-state index is 13.1. The first kappa shape index (κ1) is 16.5. The van der Waals surface area contributed by atoms with Gasteiger partial charge in [0.1, 0.15) is 11.5 Å². The average Bonchev–Trinajstić information content (AvgIpc) is 2.97. The van der Waals surface area contributed by atoms with Gasteiger partial charge in [0.15, 0.2) is 5.16 Å². The molecular weight excluding hydrogens is 305 g/mol. The summed E-state index contributed by atoms with van der Waals surface area (Å²) in [5, 5.41) is 12.4. The fourth-order valence-corrected chi connectivity index (χ4v) is 2.45. The minimum absolute atomic E-state index is 0.00751. The predicted octanol–water partition coefficient (Wildman–Crippen LogP) is 2.09. The van der Waals surface area contributed by atoms with Crippen LogP contribution in [0.5, 0.6) is 0 Å². The number of nitrogens with one attached hydrogen (secondary N) is 1. The van der Waals surface area contributed by atoms with Crippen molar-refractivity contribution in [2.24, 2.45) is 5.92 Å². The van der Waals surface area contributed by atoms with Crippen LogP contribution in [-0.4, -0.2) is 40.0 Å². The molecule has 0 aliphatic heterocycles. The lowest BCUT2D eigenvalue weighted by molar-refractivity contribution is 0.0935. The molecule has 2 aromatic rings. The Morgan fingerprint density at radius 1 is 1.45 bits per heavy atom. The quantitative estimate of drug-likeness (QED) is 0.799. The molecule has 0 aliphatic rings. The minimum Gasteiger partial charge on any atom is -0.396 e. The van der Waals surface area contributed by atoms with Crippen LogP contribution in [0.4, 0.5) is 4.39 Å². The molecule has 1 amide bonds. The van der Waals surface area contributed by atoms with E-state index in [1.165, 1.54) is 30.1 Å². The predicted molar refractivity (Wildman–Crippen MR) is 83.9 cm³/mol. The highest BCUT2D eigenvalue weighted by atomic mass is 32.2. The summed E-state index contributed by atoms with van der Waals surface area (Å²) in [5.74, 6) is -0.638. The molecular formula is C15H18FN3O2S. The Hall–Kier alpha value is -1.86. The number of aromatic nitrogens is 2. The summed E-state index contributed by atoms with van der Waals surface area (Å²) >= 11 is 1.40. The molecule has 0 aliphatic carbocycles. The molecule has 22 heavy (non-hydrogen) atoms. The largest absolute Gasteiger partial charge is 0.396 e. The zero-order valence-corrected chi connectivity index (χ0v) is 13.2. The number of benzene rings is 1. The van der Waals surface area contributed by atoms with Gasteiger partial charge < -0.3 is 10.4 Å². The number of carbonyl (C=O) groups is 1. The van der Waals surface area contributed by atoms with E-state index in [1.54, 1.807) is 16.7 Å². The summed E-state index contributed by atoms with van der Waals surface area (Å²) < 4.78 is 14.8. The van der Waals surface area contributed by atoms with Crippen molar-refractivity contribution >= 4 is 17.7 Å². The third-order valence-electron chi connectivity index (χ3n) is 3.15. The zero-order chi connectivity index (χ0) is 16.1. The second kappa shape index (κ2) is 7.42. The lowest BCUT2D eigenvalue weighted by atomic mass is 10.2. The van der Waals surface area contributed by atoms with Gasteiger partial charge in [-0.3, -0.25) is 9.36 Å². The topological polar surface area (TPSA) is 67.2 Å². The van der Waals surface area contributed by atoms with Crippen LogP contribution in [0.2, 0.25) is 0 Å². The monoisotopic (exact) mass is 323 g/mol. The summed E-state index contributed by atoms with van der Waals surface area (Å²) in [6, 6.07) is 5.89. The molecule has 0 bridgehead atoms. The number of imidazole rings is 1. The summed E-state index contributed by atoms with van der Waals surface area (Å²) in [6.45, 7) is 2.22. The van der Waals surface area contributed by atoms with Crippen molar-refractivity contribution in [2.45, 2.75) is 12.1 Å². The minimum atomic E-state index is -0.336. The number of rotatable bonds is 6. The smallest absolute Gasteiger partial charge is 0.269 e. The second-order valence-electron chi connectivity index (χ2n) is 4.94. The molecule has 1 aromatic heterocycles. The van der Waals surface area contributed by atoms with Gasteiger partial charge in [0.05, 0.1) is 6.20 Å². The van der Waals surface area contributed by atoms with E-state index in [4.69, 9.17) is 5.11 Å². The molecule has 0 spiro atoms. The molecule has 0 saturated carbocycles. The maximum absolute atomic E-state index is 13.1. The molecule has 0 radical (unpaired) electrons. The number of halogens is 1. The zero-order valence-electron chi connectivity index (χ0n) is 12.4. The molecule has 1 unspecified atom stereocenters. The van der Waals surface area contributed by atoms with Gasteiger partial charge in [-0.25, -0.2) is 9.37 Å². The van der Waals surface area contributed by atoms with Gasteiger partial charge in [0, 0.05) is 18.8 Å². The molecule has 0 saturated heterocycles. The summed E-state index contributed by atoms with van der Waals surface area (Å²) in [4.78, 5) is 16.5. The third-order valence-corrected chi connectivity index (χ3v) is 3.81. The van der Waals surface area contributed by atoms with E-state index >= 15 is 0 Å². The number of carbonyl (C=O) groups excluding carboxylic acids is 1. The molecule has 0 fully saturated rings. The van der Waals surface area contributed by atoms with Crippen molar-refractivity contribution in [2.75, 3.05) is 19.4 Å². The normalized spacial score (nSPS) is 12.2. The molecule has 7 heteroatoms. The van der Waals surface area contributed by atoms with E-state index in [1.807, 2.05) is 13.2 Å². The molecule has 1 heterocycles. The fraction of sp³-hybridized carbons (Fsp3) is 0.333. The molecule has 2 rings (SSSR count). The Balaban J connectivity index is 2.30. The summed E-state index contributed by atoms with van der Waals surface area (Å²) in [6.07, 6.45) is 3.35. The van der Waals surface area contributed by atoms with E-state index in [2.05, 4.69) is 10.3 Å². The van der Waals surface area contributed by atoms with Crippen LogP contribution in [-0.2, 0) is 0 Å². The van der Waals surface area contributed by atoms with Gasteiger partial charge >= 0.3 is 0 Å². The van der Waals surface area contributed by atoms with Gasteiger partial charge in [-0.05, 0) is 36.4 Å². The molecule has 2 N–H and O–H groups in total. The van der Waals surface area contributed by atoms with Crippen LogP contribution in [0.25, 0.3) is 5.69 Å². The van der Waals surface area contributed by atoms with E-state index in [-0.39, 0.29) is 24.2 Å². The van der Waals surface area contributed by atoms with Crippen LogP contribution in [0, 0.1) is 11.7 Å². The SMILES string of the molecule is CSc1ncc(C(=O)NCC(C)CO)n1-c1ccc(F)cc1. The van der Waals surface area contributed by atoms with Gasteiger partial charge in [-0.2, -0.15) is 0 Å². The average molecular weight is 323 g/mol. The third kappa shape index (κ3) is 3.66. The lowest BCUT2D eigenvalue weighted by Crippen LogP contribution is -2.31. The van der Waals surface area contributed by atoms with Crippen molar-refractivity contribution in [1.82, 2.24) is 14.9 Å². The Kier molecular flexibility index (Phi) is 5.57. The van der Waals surface area contributed by atoms with Gasteiger partial charge in [0.2, 0.25) is 0 Å². The number of aliphatic hydroxyl groups is 1.